The molecule has 2 heterocycles. The maximum Gasteiger partial charge on any atom is 0.331 e. The zero-order chi connectivity index (χ0) is 14.3. The van der Waals surface area contributed by atoms with Crippen molar-refractivity contribution < 1.29 is 19.1 Å². The van der Waals surface area contributed by atoms with Crippen molar-refractivity contribution in [1.29, 1.82) is 0 Å². The lowest BCUT2D eigenvalue weighted by Gasteiger charge is -2.40. The number of rotatable bonds is 2. The number of carbonyl (C=O) groups excluding carboxylic acids is 3. The molecule has 6 heteroatoms. The van der Waals surface area contributed by atoms with Gasteiger partial charge in [-0.15, -0.1) is 0 Å². The second-order valence-corrected chi connectivity index (χ2v) is 6.02. The first-order chi connectivity index (χ1) is 9.56. The van der Waals surface area contributed by atoms with Gasteiger partial charge >= 0.3 is 6.03 Å². The molecule has 0 aromatic carbocycles. The first-order valence-corrected chi connectivity index (χ1v) is 7.37. The highest BCUT2D eigenvalue weighted by Gasteiger charge is 2.56. The number of amides is 4. The maximum absolute atomic E-state index is 12.8. The Kier molecular flexibility index (Phi) is 3.28. The van der Waals surface area contributed by atoms with Crippen molar-refractivity contribution in [2.45, 2.75) is 57.6 Å². The molecule has 0 aromatic rings. The van der Waals surface area contributed by atoms with Crippen LogP contribution in [0.1, 0.15) is 45.4 Å². The summed E-state index contributed by atoms with van der Waals surface area (Å²) in [4.78, 5) is 38.2. The van der Waals surface area contributed by atoms with E-state index in [1.807, 2.05) is 6.92 Å². The Balaban J connectivity index is 1.87. The second kappa shape index (κ2) is 4.84. The lowest BCUT2D eigenvalue weighted by molar-refractivity contribution is -0.154. The first-order valence-electron chi connectivity index (χ1n) is 7.37. The highest BCUT2D eigenvalue weighted by Crippen LogP contribution is 2.42. The third-order valence-electron chi connectivity index (χ3n) is 4.87. The monoisotopic (exact) mass is 280 g/mol. The smallest absolute Gasteiger partial charge is 0.331 e. The number of barbiturate groups is 1. The molecule has 110 valence electrons. The van der Waals surface area contributed by atoms with Crippen LogP contribution in [0.3, 0.4) is 0 Å². The van der Waals surface area contributed by atoms with Crippen LogP contribution >= 0.6 is 0 Å². The largest absolute Gasteiger partial charge is 0.376 e. The minimum atomic E-state index is -1.01. The molecule has 0 aromatic heterocycles. The Bertz CT molecular complexity index is 450. The van der Waals surface area contributed by atoms with E-state index >= 15 is 0 Å². The van der Waals surface area contributed by atoms with E-state index in [-0.39, 0.29) is 18.1 Å². The predicted octanol–water partition coefficient (Wildman–Crippen LogP) is 1.19. The van der Waals surface area contributed by atoms with E-state index in [2.05, 4.69) is 5.32 Å². The second-order valence-electron chi connectivity index (χ2n) is 6.02. The van der Waals surface area contributed by atoms with Crippen LogP contribution in [-0.2, 0) is 14.3 Å². The van der Waals surface area contributed by atoms with Gasteiger partial charge in [-0.3, -0.25) is 19.8 Å². The number of carbonyl (C=O) groups is 3. The van der Waals surface area contributed by atoms with Gasteiger partial charge in [-0.2, -0.15) is 0 Å². The van der Waals surface area contributed by atoms with Crippen LogP contribution in [0.25, 0.3) is 0 Å². The topological polar surface area (TPSA) is 75.7 Å². The van der Waals surface area contributed by atoms with Gasteiger partial charge in [0.1, 0.15) is 5.41 Å². The molecule has 2 aliphatic heterocycles. The van der Waals surface area contributed by atoms with Gasteiger partial charge in [0.05, 0.1) is 12.1 Å². The third-order valence-corrected chi connectivity index (χ3v) is 4.87. The highest BCUT2D eigenvalue weighted by atomic mass is 16.5. The van der Waals surface area contributed by atoms with Crippen LogP contribution in [0.5, 0.6) is 0 Å². The predicted molar refractivity (Wildman–Crippen MR) is 69.7 cm³/mol. The van der Waals surface area contributed by atoms with Gasteiger partial charge in [0.15, 0.2) is 0 Å². The molecule has 0 bridgehead atoms. The average molecular weight is 280 g/mol. The summed E-state index contributed by atoms with van der Waals surface area (Å²) in [6.07, 6.45) is 4.48. The van der Waals surface area contributed by atoms with Crippen molar-refractivity contribution >= 4 is 17.8 Å². The number of hydrogen-bond donors (Lipinski definition) is 1. The van der Waals surface area contributed by atoms with Crippen molar-refractivity contribution in [2.24, 2.45) is 5.41 Å². The van der Waals surface area contributed by atoms with Crippen LogP contribution in [0.15, 0.2) is 0 Å². The lowest BCUT2D eigenvalue weighted by Crippen LogP contribution is -2.66. The first kappa shape index (κ1) is 13.5. The molecular formula is C14H20N2O4. The Morgan fingerprint density at radius 3 is 2.55 bits per heavy atom. The Morgan fingerprint density at radius 2 is 1.95 bits per heavy atom. The van der Waals surface area contributed by atoms with Crippen molar-refractivity contribution in [3.05, 3.63) is 0 Å². The van der Waals surface area contributed by atoms with Gasteiger partial charge in [-0.25, -0.2) is 4.79 Å². The molecule has 2 unspecified atom stereocenters. The lowest BCUT2D eigenvalue weighted by atomic mass is 9.81. The molecule has 2 saturated heterocycles. The Morgan fingerprint density at radius 1 is 1.25 bits per heavy atom. The maximum atomic E-state index is 12.8. The number of imide groups is 2. The van der Waals surface area contributed by atoms with E-state index in [1.54, 1.807) is 0 Å². The standard InChI is InChI=1S/C14H20N2O4/c1-9(10-5-4-8-20-10)16-12(18)14(6-2-3-7-14)11(17)15-13(16)19/h9-10H,2-8H2,1H3,(H,15,17,19). The fourth-order valence-corrected chi connectivity index (χ4v) is 3.64. The zero-order valence-corrected chi connectivity index (χ0v) is 11.7. The van der Waals surface area contributed by atoms with E-state index < -0.39 is 17.4 Å². The Labute approximate surface area is 117 Å². The number of hydrogen-bond acceptors (Lipinski definition) is 4. The van der Waals surface area contributed by atoms with E-state index in [1.165, 1.54) is 4.90 Å². The summed E-state index contributed by atoms with van der Waals surface area (Å²) in [7, 11) is 0. The number of ether oxygens (including phenoxy) is 1. The molecule has 1 saturated carbocycles. The van der Waals surface area contributed by atoms with Gasteiger partial charge in [0.2, 0.25) is 11.8 Å². The van der Waals surface area contributed by atoms with Crippen LogP contribution in [0.2, 0.25) is 0 Å². The van der Waals surface area contributed by atoms with Gasteiger partial charge in [0.25, 0.3) is 0 Å². The molecule has 3 fully saturated rings. The van der Waals surface area contributed by atoms with Gasteiger partial charge < -0.3 is 4.74 Å². The molecule has 1 spiro atoms. The van der Waals surface area contributed by atoms with E-state index in [0.29, 0.717) is 19.4 Å². The summed E-state index contributed by atoms with van der Waals surface area (Å²) < 4.78 is 5.58. The summed E-state index contributed by atoms with van der Waals surface area (Å²) in [5.74, 6) is -0.743. The minimum absolute atomic E-state index is 0.114. The molecule has 20 heavy (non-hydrogen) atoms. The van der Waals surface area contributed by atoms with E-state index in [9.17, 15) is 14.4 Å². The van der Waals surface area contributed by atoms with Gasteiger partial charge in [-0.05, 0) is 32.6 Å². The molecule has 4 amide bonds. The summed E-state index contributed by atoms with van der Waals surface area (Å²) in [5.41, 5.74) is -1.01. The van der Waals surface area contributed by atoms with Crippen LogP contribution in [-0.4, -0.2) is 41.5 Å². The van der Waals surface area contributed by atoms with Crippen LogP contribution in [0, 0.1) is 5.41 Å². The number of nitrogens with one attached hydrogen (secondary N) is 1. The molecule has 2 atom stereocenters. The van der Waals surface area contributed by atoms with Gasteiger partial charge in [0, 0.05) is 6.61 Å². The average Bonchev–Trinajstić information content (AvgIpc) is 3.09. The third kappa shape index (κ3) is 1.85. The molecule has 6 nitrogen and oxygen atoms in total. The summed E-state index contributed by atoms with van der Waals surface area (Å²) in [6, 6.07) is -0.920. The van der Waals surface area contributed by atoms with E-state index in [0.717, 1.165) is 25.7 Å². The minimum Gasteiger partial charge on any atom is -0.376 e. The molecule has 0 radical (unpaired) electrons. The van der Waals surface area contributed by atoms with Crippen molar-refractivity contribution in [3.8, 4) is 0 Å². The SMILES string of the molecule is CC(C1CCCO1)N1C(=O)NC(=O)C2(CCCC2)C1=O. The molecular weight excluding hydrogens is 260 g/mol. The number of urea groups is 1. The highest BCUT2D eigenvalue weighted by molar-refractivity contribution is 6.19. The zero-order valence-electron chi connectivity index (χ0n) is 11.7. The Hall–Kier alpha value is -1.43. The molecule has 1 aliphatic carbocycles. The molecule has 1 N–H and O–H groups in total. The fraction of sp³-hybridized carbons (Fsp3) is 0.786. The number of nitrogens with zero attached hydrogens (tertiary/aromatic N) is 1. The normalized spacial score (nSPS) is 30.9. The summed E-state index contributed by atoms with van der Waals surface area (Å²) in [5, 5.41) is 2.37. The van der Waals surface area contributed by atoms with Crippen molar-refractivity contribution in [1.82, 2.24) is 10.2 Å². The molecule has 3 rings (SSSR count). The molecule has 3 aliphatic rings. The quantitative estimate of drug-likeness (QED) is 0.771. The summed E-state index contributed by atoms with van der Waals surface area (Å²) in [6.45, 7) is 2.49. The van der Waals surface area contributed by atoms with Crippen molar-refractivity contribution in [2.75, 3.05) is 6.61 Å². The van der Waals surface area contributed by atoms with Crippen molar-refractivity contribution in [3.63, 3.8) is 0 Å². The van der Waals surface area contributed by atoms with Gasteiger partial charge in [-0.1, -0.05) is 12.8 Å². The fourth-order valence-electron chi connectivity index (χ4n) is 3.64. The van der Waals surface area contributed by atoms with Crippen LogP contribution < -0.4 is 5.32 Å². The summed E-state index contributed by atoms with van der Waals surface area (Å²) >= 11 is 0. The van der Waals surface area contributed by atoms with E-state index in [4.69, 9.17) is 4.74 Å². The van der Waals surface area contributed by atoms with Crippen LogP contribution in [0.4, 0.5) is 4.79 Å².